The Kier molecular flexibility index (Phi) is 5.01. The molecule has 1 amide bonds. The average Bonchev–Trinajstić information content (AvgIpc) is 2.76. The number of nitrogens with zero attached hydrogens (tertiary/aromatic N) is 1. The van der Waals surface area contributed by atoms with E-state index in [-0.39, 0.29) is 18.8 Å². The summed E-state index contributed by atoms with van der Waals surface area (Å²) in [5, 5.41) is 14.3. The van der Waals surface area contributed by atoms with Crippen LogP contribution < -0.4 is 10.0 Å². The number of carboxylic acid groups (broad SMARTS) is 1. The standard InChI is InChI=1S/C9H13N3O6S/c1-19(16,17)11-4-2-3-10-8(13)6-5-7(9(14)15)18-12-6/h5,11H,2-4H2,1H3,(H,10,13)(H,14,15). The molecule has 0 saturated carbocycles. The molecular weight excluding hydrogens is 278 g/mol. The molecule has 0 aliphatic rings. The molecule has 1 heterocycles. The van der Waals surface area contributed by atoms with E-state index in [9.17, 15) is 18.0 Å². The van der Waals surface area contributed by atoms with Crippen LogP contribution in [-0.2, 0) is 10.0 Å². The van der Waals surface area contributed by atoms with Crippen molar-refractivity contribution in [1.29, 1.82) is 0 Å². The third kappa shape index (κ3) is 5.48. The minimum atomic E-state index is -3.24. The van der Waals surface area contributed by atoms with Crippen molar-refractivity contribution in [2.24, 2.45) is 0 Å². The van der Waals surface area contributed by atoms with Crippen molar-refractivity contribution in [3.8, 4) is 0 Å². The topological polar surface area (TPSA) is 139 Å². The molecule has 0 atom stereocenters. The lowest BCUT2D eigenvalue weighted by Crippen LogP contribution is -2.29. The van der Waals surface area contributed by atoms with E-state index >= 15 is 0 Å². The molecule has 0 aromatic carbocycles. The number of carboxylic acids is 1. The van der Waals surface area contributed by atoms with Crippen LogP contribution in [0.2, 0.25) is 0 Å². The molecule has 1 aromatic rings. The fourth-order valence-corrected chi connectivity index (χ4v) is 1.64. The van der Waals surface area contributed by atoms with Crippen molar-refractivity contribution in [1.82, 2.24) is 15.2 Å². The van der Waals surface area contributed by atoms with Crippen molar-refractivity contribution < 1.29 is 27.6 Å². The second kappa shape index (κ2) is 6.29. The number of carbonyl (C=O) groups is 2. The fourth-order valence-electron chi connectivity index (χ4n) is 1.12. The number of aromatic carboxylic acids is 1. The van der Waals surface area contributed by atoms with Crippen LogP contribution in [0.15, 0.2) is 10.6 Å². The number of nitrogens with one attached hydrogen (secondary N) is 2. The molecule has 3 N–H and O–H groups in total. The lowest BCUT2D eigenvalue weighted by molar-refractivity contribution is 0.0651. The van der Waals surface area contributed by atoms with E-state index < -0.39 is 27.7 Å². The Hall–Kier alpha value is -1.94. The zero-order chi connectivity index (χ0) is 14.5. The molecule has 1 aromatic heterocycles. The van der Waals surface area contributed by atoms with Gasteiger partial charge in [-0.25, -0.2) is 17.9 Å². The Bertz CT molecular complexity index is 564. The zero-order valence-corrected chi connectivity index (χ0v) is 10.9. The van der Waals surface area contributed by atoms with Crippen molar-refractivity contribution in [2.45, 2.75) is 6.42 Å². The first-order chi connectivity index (χ1) is 8.79. The van der Waals surface area contributed by atoms with Crippen LogP contribution in [0.3, 0.4) is 0 Å². The van der Waals surface area contributed by atoms with Gasteiger partial charge < -0.3 is 14.9 Å². The molecular formula is C9H13N3O6S. The van der Waals surface area contributed by atoms with Gasteiger partial charge in [0.15, 0.2) is 5.69 Å². The first-order valence-electron chi connectivity index (χ1n) is 5.22. The normalized spacial score (nSPS) is 11.2. The van der Waals surface area contributed by atoms with E-state index in [0.29, 0.717) is 6.42 Å². The molecule has 106 valence electrons. The van der Waals surface area contributed by atoms with Crippen molar-refractivity contribution in [3.05, 3.63) is 17.5 Å². The largest absolute Gasteiger partial charge is 0.475 e. The van der Waals surface area contributed by atoms with Gasteiger partial charge in [-0.2, -0.15) is 0 Å². The average molecular weight is 291 g/mol. The molecule has 9 nitrogen and oxygen atoms in total. The Morgan fingerprint density at radius 1 is 1.42 bits per heavy atom. The molecule has 0 radical (unpaired) electrons. The third-order valence-electron chi connectivity index (χ3n) is 1.96. The van der Waals surface area contributed by atoms with Gasteiger partial charge in [-0.15, -0.1) is 0 Å². The summed E-state index contributed by atoms with van der Waals surface area (Å²) < 4.78 is 28.2. The second-order valence-corrected chi connectivity index (χ2v) is 5.49. The van der Waals surface area contributed by atoms with E-state index in [1.807, 2.05) is 0 Å². The molecule has 0 unspecified atom stereocenters. The van der Waals surface area contributed by atoms with Gasteiger partial charge in [0.25, 0.3) is 5.91 Å². The van der Waals surface area contributed by atoms with Gasteiger partial charge in [-0.1, -0.05) is 5.16 Å². The van der Waals surface area contributed by atoms with Crippen LogP contribution in [0.25, 0.3) is 0 Å². The Morgan fingerprint density at radius 3 is 2.63 bits per heavy atom. The highest BCUT2D eigenvalue weighted by atomic mass is 32.2. The summed E-state index contributed by atoms with van der Waals surface area (Å²) >= 11 is 0. The molecule has 0 aliphatic heterocycles. The second-order valence-electron chi connectivity index (χ2n) is 3.66. The predicted octanol–water partition coefficient (Wildman–Crippen LogP) is -0.958. The number of hydrogen-bond acceptors (Lipinski definition) is 6. The van der Waals surface area contributed by atoms with E-state index in [0.717, 1.165) is 12.3 Å². The molecule has 0 saturated heterocycles. The van der Waals surface area contributed by atoms with Gasteiger partial charge in [0.2, 0.25) is 15.8 Å². The summed E-state index contributed by atoms with van der Waals surface area (Å²) in [7, 11) is -3.24. The number of rotatable bonds is 7. The first-order valence-corrected chi connectivity index (χ1v) is 7.11. The fraction of sp³-hybridized carbons (Fsp3) is 0.444. The monoisotopic (exact) mass is 291 g/mol. The van der Waals surface area contributed by atoms with Crippen LogP contribution in [0, 0.1) is 0 Å². The number of amides is 1. The summed E-state index contributed by atoms with van der Waals surface area (Å²) in [4.78, 5) is 22.0. The minimum absolute atomic E-state index is 0.145. The van der Waals surface area contributed by atoms with Gasteiger partial charge in [0, 0.05) is 19.2 Å². The van der Waals surface area contributed by atoms with Crippen LogP contribution in [-0.4, -0.2) is 49.9 Å². The number of carbonyl (C=O) groups excluding carboxylic acids is 1. The quantitative estimate of drug-likeness (QED) is 0.550. The smallest absolute Gasteiger partial charge is 0.374 e. The van der Waals surface area contributed by atoms with Gasteiger partial charge in [-0.3, -0.25) is 4.79 Å². The highest BCUT2D eigenvalue weighted by molar-refractivity contribution is 7.88. The Labute approximate surface area is 109 Å². The maximum atomic E-state index is 11.5. The van der Waals surface area contributed by atoms with Crippen LogP contribution in [0.1, 0.15) is 27.5 Å². The maximum absolute atomic E-state index is 11.5. The van der Waals surface area contributed by atoms with Gasteiger partial charge in [-0.05, 0) is 6.42 Å². The first kappa shape index (κ1) is 15.1. The predicted molar refractivity (Wildman–Crippen MR) is 63.3 cm³/mol. The maximum Gasteiger partial charge on any atom is 0.374 e. The van der Waals surface area contributed by atoms with Gasteiger partial charge in [0.05, 0.1) is 6.26 Å². The summed E-state index contributed by atoms with van der Waals surface area (Å²) in [6.45, 7) is 0.412. The summed E-state index contributed by atoms with van der Waals surface area (Å²) in [5.74, 6) is -2.33. The van der Waals surface area contributed by atoms with Crippen molar-refractivity contribution >= 4 is 21.9 Å². The lowest BCUT2D eigenvalue weighted by Gasteiger charge is -2.03. The number of hydrogen-bond donors (Lipinski definition) is 3. The van der Waals surface area contributed by atoms with E-state index in [1.54, 1.807) is 0 Å². The summed E-state index contributed by atoms with van der Waals surface area (Å²) in [5.41, 5.74) is -0.145. The van der Waals surface area contributed by atoms with Crippen LogP contribution >= 0.6 is 0 Å². The molecule has 19 heavy (non-hydrogen) atoms. The highest BCUT2D eigenvalue weighted by Crippen LogP contribution is 2.03. The lowest BCUT2D eigenvalue weighted by atomic mass is 10.3. The molecule has 0 aliphatic carbocycles. The molecule has 0 bridgehead atoms. The van der Waals surface area contributed by atoms with Crippen molar-refractivity contribution in [3.63, 3.8) is 0 Å². The molecule has 10 heteroatoms. The van der Waals surface area contributed by atoms with Gasteiger partial charge >= 0.3 is 5.97 Å². The zero-order valence-electron chi connectivity index (χ0n) is 10.0. The number of aromatic nitrogens is 1. The summed E-state index contributed by atoms with van der Waals surface area (Å²) in [6, 6.07) is 1.01. The van der Waals surface area contributed by atoms with Crippen LogP contribution in [0.5, 0.6) is 0 Å². The number of sulfonamides is 1. The molecule has 1 rings (SSSR count). The Morgan fingerprint density at radius 2 is 2.11 bits per heavy atom. The molecule has 0 spiro atoms. The summed E-state index contributed by atoms with van der Waals surface area (Å²) in [6.07, 6.45) is 1.43. The highest BCUT2D eigenvalue weighted by Gasteiger charge is 2.15. The Balaban J connectivity index is 2.33. The third-order valence-corrected chi connectivity index (χ3v) is 2.69. The van der Waals surface area contributed by atoms with Crippen LogP contribution in [0.4, 0.5) is 0 Å². The SMILES string of the molecule is CS(=O)(=O)NCCCNC(=O)c1cc(C(=O)O)on1. The van der Waals surface area contributed by atoms with E-state index in [2.05, 4.69) is 19.7 Å². The van der Waals surface area contributed by atoms with Crippen molar-refractivity contribution in [2.75, 3.05) is 19.3 Å². The van der Waals surface area contributed by atoms with Gasteiger partial charge in [0.1, 0.15) is 0 Å². The molecule has 0 fully saturated rings. The van der Waals surface area contributed by atoms with E-state index in [1.165, 1.54) is 0 Å². The minimum Gasteiger partial charge on any atom is -0.475 e. The van der Waals surface area contributed by atoms with E-state index in [4.69, 9.17) is 5.11 Å².